The summed E-state index contributed by atoms with van der Waals surface area (Å²) < 4.78 is 0. The smallest absolute Gasteiger partial charge is 0.227 e. The summed E-state index contributed by atoms with van der Waals surface area (Å²) >= 11 is 0. The van der Waals surface area contributed by atoms with Crippen LogP contribution in [0.5, 0.6) is 0 Å². The number of amides is 1. The molecule has 1 atom stereocenters. The Morgan fingerprint density at radius 3 is 2.56 bits per heavy atom. The van der Waals surface area contributed by atoms with Gasteiger partial charge in [0.2, 0.25) is 5.91 Å². The van der Waals surface area contributed by atoms with Crippen molar-refractivity contribution in [1.82, 2.24) is 5.32 Å². The molecule has 1 aliphatic carbocycles. The van der Waals surface area contributed by atoms with E-state index in [1.165, 1.54) is 0 Å². The molecule has 2 rings (SSSR count). The highest BCUT2D eigenvalue weighted by Gasteiger charge is 2.41. The Morgan fingerprint density at radius 1 is 1.39 bits per heavy atom. The highest BCUT2D eigenvalue weighted by atomic mass is 16.1. The monoisotopic (exact) mass is 246 g/mol. The Hall–Kier alpha value is -1.35. The second-order valence-corrected chi connectivity index (χ2v) is 5.29. The van der Waals surface area contributed by atoms with Crippen LogP contribution in [0.4, 0.5) is 0 Å². The molecular weight excluding hydrogens is 224 g/mol. The molecule has 3 N–H and O–H groups in total. The van der Waals surface area contributed by atoms with Crippen molar-refractivity contribution in [2.75, 3.05) is 13.1 Å². The Morgan fingerprint density at radius 2 is 2.06 bits per heavy atom. The van der Waals surface area contributed by atoms with E-state index in [0.29, 0.717) is 6.54 Å². The van der Waals surface area contributed by atoms with E-state index in [1.807, 2.05) is 37.3 Å². The van der Waals surface area contributed by atoms with E-state index in [4.69, 9.17) is 5.73 Å². The van der Waals surface area contributed by atoms with Gasteiger partial charge in [0.25, 0.3) is 0 Å². The minimum atomic E-state index is -0.0419. The van der Waals surface area contributed by atoms with Crippen molar-refractivity contribution in [2.24, 2.45) is 11.1 Å². The van der Waals surface area contributed by atoms with E-state index in [2.05, 4.69) is 5.32 Å². The second kappa shape index (κ2) is 5.53. The highest BCUT2D eigenvalue weighted by Crippen LogP contribution is 2.43. The molecule has 1 saturated carbocycles. The number of hydrogen-bond acceptors (Lipinski definition) is 2. The molecule has 0 spiro atoms. The van der Waals surface area contributed by atoms with Gasteiger partial charge in [-0.1, -0.05) is 37.3 Å². The molecule has 3 heteroatoms. The molecule has 1 aliphatic rings. The molecule has 1 unspecified atom stereocenters. The number of carbonyl (C=O) groups excluding carboxylic acids is 1. The number of benzene rings is 1. The van der Waals surface area contributed by atoms with Gasteiger partial charge in [0, 0.05) is 6.54 Å². The Bertz CT molecular complexity index is 398. The molecule has 1 aromatic rings. The number of nitrogens with two attached hydrogens (primary N) is 1. The van der Waals surface area contributed by atoms with Crippen LogP contribution in [0.1, 0.15) is 37.7 Å². The second-order valence-electron chi connectivity index (χ2n) is 5.29. The van der Waals surface area contributed by atoms with Crippen molar-refractivity contribution >= 4 is 5.91 Å². The third-order valence-electron chi connectivity index (χ3n) is 3.95. The number of hydrogen-bond donors (Lipinski definition) is 2. The molecule has 0 saturated heterocycles. The standard InChI is InChI=1S/C15H22N2O/c1-2-13(12-6-4-3-5-7-12)14(18)17-11-15(10-16)8-9-15/h3-7,13H,2,8-11,16H2,1H3,(H,17,18). The first-order valence-corrected chi connectivity index (χ1v) is 6.73. The first kappa shape index (κ1) is 13.1. The molecule has 3 nitrogen and oxygen atoms in total. The van der Waals surface area contributed by atoms with Gasteiger partial charge in [0.1, 0.15) is 0 Å². The fourth-order valence-corrected chi connectivity index (χ4v) is 2.29. The maximum Gasteiger partial charge on any atom is 0.227 e. The molecule has 98 valence electrons. The van der Waals surface area contributed by atoms with E-state index in [0.717, 1.165) is 31.4 Å². The molecule has 1 amide bonds. The molecule has 0 radical (unpaired) electrons. The van der Waals surface area contributed by atoms with E-state index < -0.39 is 0 Å². The predicted octanol–water partition coefficient (Wildman–Crippen LogP) is 2.04. The molecule has 0 heterocycles. The maximum absolute atomic E-state index is 12.2. The van der Waals surface area contributed by atoms with Gasteiger partial charge < -0.3 is 11.1 Å². The van der Waals surface area contributed by atoms with Gasteiger partial charge in [-0.05, 0) is 36.8 Å². The molecule has 0 aromatic heterocycles. The lowest BCUT2D eigenvalue weighted by molar-refractivity contribution is -0.122. The SMILES string of the molecule is CCC(C(=O)NCC1(CN)CC1)c1ccccc1. The van der Waals surface area contributed by atoms with E-state index in [-0.39, 0.29) is 17.2 Å². The van der Waals surface area contributed by atoms with Gasteiger partial charge in [-0.15, -0.1) is 0 Å². The summed E-state index contributed by atoms with van der Waals surface area (Å²) in [6.07, 6.45) is 3.11. The van der Waals surface area contributed by atoms with Crippen LogP contribution in [-0.2, 0) is 4.79 Å². The number of nitrogens with one attached hydrogen (secondary N) is 1. The highest BCUT2D eigenvalue weighted by molar-refractivity contribution is 5.83. The number of carbonyl (C=O) groups is 1. The zero-order chi connectivity index (χ0) is 13.0. The third kappa shape index (κ3) is 2.91. The molecule has 0 bridgehead atoms. The van der Waals surface area contributed by atoms with Crippen molar-refractivity contribution in [3.63, 3.8) is 0 Å². The average Bonchev–Trinajstić information content (AvgIpc) is 3.19. The van der Waals surface area contributed by atoms with Crippen LogP contribution in [0.25, 0.3) is 0 Å². The third-order valence-corrected chi connectivity index (χ3v) is 3.95. The fraction of sp³-hybridized carbons (Fsp3) is 0.533. The van der Waals surface area contributed by atoms with E-state index >= 15 is 0 Å². The maximum atomic E-state index is 12.2. The van der Waals surface area contributed by atoms with Crippen molar-refractivity contribution in [2.45, 2.75) is 32.1 Å². The van der Waals surface area contributed by atoms with Crippen LogP contribution in [0.15, 0.2) is 30.3 Å². The lowest BCUT2D eigenvalue weighted by Gasteiger charge is -2.18. The summed E-state index contributed by atoms with van der Waals surface area (Å²) in [5.74, 6) is 0.0863. The Labute approximate surface area is 109 Å². The van der Waals surface area contributed by atoms with Gasteiger partial charge in [-0.25, -0.2) is 0 Å². The van der Waals surface area contributed by atoms with Crippen molar-refractivity contribution in [3.8, 4) is 0 Å². The minimum absolute atomic E-state index is 0.0419. The van der Waals surface area contributed by atoms with E-state index in [1.54, 1.807) is 0 Å². The van der Waals surface area contributed by atoms with Gasteiger partial charge >= 0.3 is 0 Å². The zero-order valence-corrected chi connectivity index (χ0v) is 11.0. The minimum Gasteiger partial charge on any atom is -0.355 e. The summed E-state index contributed by atoms with van der Waals surface area (Å²) in [6, 6.07) is 9.97. The Balaban J connectivity index is 1.94. The summed E-state index contributed by atoms with van der Waals surface area (Å²) in [7, 11) is 0. The fourth-order valence-electron chi connectivity index (χ4n) is 2.29. The largest absolute Gasteiger partial charge is 0.355 e. The lowest BCUT2D eigenvalue weighted by atomic mass is 9.95. The predicted molar refractivity (Wildman–Crippen MR) is 73.2 cm³/mol. The summed E-state index contributed by atoms with van der Waals surface area (Å²) in [4.78, 5) is 12.2. The molecule has 1 fully saturated rings. The molecular formula is C15H22N2O. The molecule has 0 aliphatic heterocycles. The summed E-state index contributed by atoms with van der Waals surface area (Å²) in [6.45, 7) is 3.45. The average molecular weight is 246 g/mol. The Kier molecular flexibility index (Phi) is 4.02. The zero-order valence-electron chi connectivity index (χ0n) is 11.0. The summed E-state index contributed by atoms with van der Waals surface area (Å²) in [5, 5.41) is 3.07. The lowest BCUT2D eigenvalue weighted by Crippen LogP contribution is -2.36. The van der Waals surface area contributed by atoms with Gasteiger partial charge in [-0.2, -0.15) is 0 Å². The topological polar surface area (TPSA) is 55.1 Å². The van der Waals surface area contributed by atoms with Crippen LogP contribution < -0.4 is 11.1 Å². The normalized spacial score (nSPS) is 18.1. The van der Waals surface area contributed by atoms with E-state index in [9.17, 15) is 4.79 Å². The molecule has 18 heavy (non-hydrogen) atoms. The van der Waals surface area contributed by atoms with Crippen LogP contribution in [-0.4, -0.2) is 19.0 Å². The quantitative estimate of drug-likeness (QED) is 0.807. The molecule has 1 aromatic carbocycles. The van der Waals surface area contributed by atoms with Crippen LogP contribution in [0.2, 0.25) is 0 Å². The van der Waals surface area contributed by atoms with Crippen molar-refractivity contribution in [3.05, 3.63) is 35.9 Å². The van der Waals surface area contributed by atoms with Gasteiger partial charge in [0.15, 0.2) is 0 Å². The van der Waals surface area contributed by atoms with Gasteiger partial charge in [0.05, 0.1) is 5.92 Å². The number of rotatable bonds is 6. The first-order valence-electron chi connectivity index (χ1n) is 6.73. The summed E-state index contributed by atoms with van der Waals surface area (Å²) in [5.41, 5.74) is 7.02. The van der Waals surface area contributed by atoms with Gasteiger partial charge in [-0.3, -0.25) is 4.79 Å². The van der Waals surface area contributed by atoms with Crippen molar-refractivity contribution < 1.29 is 4.79 Å². The van der Waals surface area contributed by atoms with Crippen LogP contribution in [0.3, 0.4) is 0 Å². The van der Waals surface area contributed by atoms with Crippen molar-refractivity contribution in [1.29, 1.82) is 0 Å². The first-order chi connectivity index (χ1) is 8.71. The van der Waals surface area contributed by atoms with Crippen LogP contribution in [0, 0.1) is 5.41 Å². The van der Waals surface area contributed by atoms with Crippen LogP contribution >= 0.6 is 0 Å².